The maximum absolute atomic E-state index is 5.49. The first-order valence-corrected chi connectivity index (χ1v) is 5.73. The molecule has 1 aromatic heterocycles. The summed E-state index contributed by atoms with van der Waals surface area (Å²) in [6.45, 7) is 0.988. The Kier molecular flexibility index (Phi) is 5.11. The minimum atomic E-state index is 0.382. The summed E-state index contributed by atoms with van der Waals surface area (Å²) in [5, 5.41) is 2.12. The molecule has 1 atom stereocenters. The number of hydrogen-bond acceptors (Lipinski definition) is 4. The normalized spacial score (nSPS) is 13.4. The number of hydrogen-bond donors (Lipinski definition) is 2. The molecule has 0 saturated carbocycles. The van der Waals surface area contributed by atoms with Gasteiger partial charge in [0.15, 0.2) is 0 Å². The highest BCUT2D eigenvalue weighted by Gasteiger charge is 2.07. The molecule has 80 valence electrons. The molecule has 0 aliphatic rings. The Hall–Kier alpha value is -0.420. The summed E-state index contributed by atoms with van der Waals surface area (Å²) < 4.78 is 0. The Morgan fingerprint density at radius 2 is 2.36 bits per heavy atom. The second-order valence-corrected chi connectivity index (χ2v) is 4.78. The molecule has 0 bridgehead atoms. The van der Waals surface area contributed by atoms with E-state index in [0.717, 1.165) is 19.4 Å². The molecule has 0 fully saturated rings. The number of rotatable bonds is 6. The fraction of sp³-hybridized carbons (Fsp3) is 0.600. The number of nitrogens with one attached hydrogen (secondary N) is 1. The van der Waals surface area contributed by atoms with Crippen LogP contribution in [0.5, 0.6) is 0 Å². The van der Waals surface area contributed by atoms with Gasteiger partial charge in [0.2, 0.25) is 0 Å². The highest BCUT2D eigenvalue weighted by molar-refractivity contribution is 7.09. The molecule has 0 saturated heterocycles. The zero-order valence-electron chi connectivity index (χ0n) is 8.86. The molecule has 3 N–H and O–H groups in total. The van der Waals surface area contributed by atoms with Crippen molar-refractivity contribution in [2.45, 2.75) is 18.9 Å². The summed E-state index contributed by atoms with van der Waals surface area (Å²) in [6, 6.07) is 4.65. The smallest absolute Gasteiger partial charge is 0.0341 e. The van der Waals surface area contributed by atoms with E-state index in [4.69, 9.17) is 5.84 Å². The van der Waals surface area contributed by atoms with E-state index in [1.807, 2.05) is 11.3 Å². The van der Waals surface area contributed by atoms with Crippen LogP contribution in [0.3, 0.4) is 0 Å². The van der Waals surface area contributed by atoms with Crippen LogP contribution in [0, 0.1) is 0 Å². The van der Waals surface area contributed by atoms with E-state index in [1.54, 1.807) is 0 Å². The Balaban J connectivity index is 2.27. The van der Waals surface area contributed by atoms with E-state index in [-0.39, 0.29) is 0 Å². The molecule has 0 aliphatic carbocycles. The SMILES string of the molecule is CN(C)CC(CCc1cccs1)NN. The molecule has 1 aromatic rings. The van der Waals surface area contributed by atoms with Crippen molar-refractivity contribution in [1.29, 1.82) is 0 Å². The zero-order chi connectivity index (χ0) is 10.4. The van der Waals surface area contributed by atoms with Crippen LogP contribution in [0.25, 0.3) is 0 Å². The maximum atomic E-state index is 5.49. The van der Waals surface area contributed by atoms with E-state index >= 15 is 0 Å². The lowest BCUT2D eigenvalue weighted by atomic mass is 10.1. The monoisotopic (exact) mass is 213 g/mol. The molecule has 0 aliphatic heterocycles. The first-order chi connectivity index (χ1) is 6.72. The predicted molar refractivity (Wildman–Crippen MR) is 62.3 cm³/mol. The van der Waals surface area contributed by atoms with Gasteiger partial charge in [0.05, 0.1) is 0 Å². The summed E-state index contributed by atoms with van der Waals surface area (Å²) >= 11 is 1.81. The highest BCUT2D eigenvalue weighted by atomic mass is 32.1. The van der Waals surface area contributed by atoms with Gasteiger partial charge in [-0.05, 0) is 38.4 Å². The second kappa shape index (κ2) is 6.14. The van der Waals surface area contributed by atoms with Gasteiger partial charge in [-0.25, -0.2) is 0 Å². The maximum Gasteiger partial charge on any atom is 0.0341 e. The van der Waals surface area contributed by atoms with Crippen LogP contribution >= 0.6 is 11.3 Å². The van der Waals surface area contributed by atoms with Gasteiger partial charge in [0.1, 0.15) is 0 Å². The third-order valence-corrected chi connectivity index (χ3v) is 3.08. The van der Waals surface area contributed by atoms with Gasteiger partial charge in [-0.1, -0.05) is 6.07 Å². The van der Waals surface area contributed by atoms with Gasteiger partial charge in [-0.15, -0.1) is 11.3 Å². The minimum Gasteiger partial charge on any atom is -0.308 e. The van der Waals surface area contributed by atoms with Gasteiger partial charge in [-0.3, -0.25) is 11.3 Å². The summed E-state index contributed by atoms with van der Waals surface area (Å²) in [4.78, 5) is 3.59. The molecule has 1 heterocycles. The average molecular weight is 213 g/mol. The molecule has 14 heavy (non-hydrogen) atoms. The number of aryl methyl sites for hydroxylation is 1. The first kappa shape index (κ1) is 11.7. The molecule has 4 heteroatoms. The molecule has 0 amide bonds. The van der Waals surface area contributed by atoms with Crippen molar-refractivity contribution in [3.8, 4) is 0 Å². The van der Waals surface area contributed by atoms with E-state index in [9.17, 15) is 0 Å². The summed E-state index contributed by atoms with van der Waals surface area (Å²) in [6.07, 6.45) is 2.20. The molecule has 0 spiro atoms. The van der Waals surface area contributed by atoms with Crippen LogP contribution in [0.15, 0.2) is 17.5 Å². The fourth-order valence-corrected chi connectivity index (χ4v) is 2.16. The Morgan fingerprint density at radius 1 is 1.57 bits per heavy atom. The van der Waals surface area contributed by atoms with Gasteiger partial charge in [0, 0.05) is 17.5 Å². The summed E-state index contributed by atoms with van der Waals surface area (Å²) in [7, 11) is 4.13. The van der Waals surface area contributed by atoms with Gasteiger partial charge in [-0.2, -0.15) is 0 Å². The Bertz CT molecular complexity index is 234. The first-order valence-electron chi connectivity index (χ1n) is 4.85. The van der Waals surface area contributed by atoms with Crippen molar-refractivity contribution >= 4 is 11.3 Å². The number of nitrogens with zero attached hydrogens (tertiary/aromatic N) is 1. The Labute approximate surface area is 89.9 Å². The summed E-state index contributed by atoms with van der Waals surface area (Å²) in [5.74, 6) is 5.49. The van der Waals surface area contributed by atoms with E-state index in [2.05, 4.69) is 41.9 Å². The van der Waals surface area contributed by atoms with Crippen molar-refractivity contribution in [3.63, 3.8) is 0 Å². The Morgan fingerprint density at radius 3 is 2.86 bits per heavy atom. The largest absolute Gasteiger partial charge is 0.308 e. The predicted octanol–water partition coefficient (Wildman–Crippen LogP) is 1.07. The quantitative estimate of drug-likeness (QED) is 0.549. The minimum absolute atomic E-state index is 0.382. The van der Waals surface area contributed by atoms with Crippen LogP contribution < -0.4 is 11.3 Å². The number of likely N-dealkylation sites (N-methyl/N-ethyl adjacent to an activating group) is 1. The number of hydrazine groups is 1. The van der Waals surface area contributed by atoms with Crippen molar-refractivity contribution in [2.24, 2.45) is 5.84 Å². The second-order valence-electron chi connectivity index (χ2n) is 3.74. The molecule has 1 unspecified atom stereocenters. The molecule has 3 nitrogen and oxygen atoms in total. The molecule has 0 radical (unpaired) electrons. The molecular weight excluding hydrogens is 194 g/mol. The van der Waals surface area contributed by atoms with Crippen molar-refractivity contribution in [1.82, 2.24) is 10.3 Å². The van der Waals surface area contributed by atoms with E-state index < -0.39 is 0 Å². The van der Waals surface area contributed by atoms with Crippen molar-refractivity contribution in [3.05, 3.63) is 22.4 Å². The average Bonchev–Trinajstić information content (AvgIpc) is 2.64. The molecule has 1 rings (SSSR count). The van der Waals surface area contributed by atoms with Crippen molar-refractivity contribution < 1.29 is 0 Å². The van der Waals surface area contributed by atoms with Crippen molar-refractivity contribution in [2.75, 3.05) is 20.6 Å². The third-order valence-electron chi connectivity index (χ3n) is 2.14. The van der Waals surface area contributed by atoms with Gasteiger partial charge in [0.25, 0.3) is 0 Å². The number of thiophene rings is 1. The fourth-order valence-electron chi connectivity index (χ4n) is 1.44. The van der Waals surface area contributed by atoms with E-state index in [1.165, 1.54) is 4.88 Å². The van der Waals surface area contributed by atoms with Crippen LogP contribution in [-0.2, 0) is 6.42 Å². The summed E-state index contributed by atoms with van der Waals surface area (Å²) in [5.41, 5.74) is 2.86. The topological polar surface area (TPSA) is 41.3 Å². The van der Waals surface area contributed by atoms with Crippen LogP contribution in [0.2, 0.25) is 0 Å². The van der Waals surface area contributed by atoms with Gasteiger partial charge < -0.3 is 4.90 Å². The zero-order valence-corrected chi connectivity index (χ0v) is 9.68. The lowest BCUT2D eigenvalue weighted by molar-refractivity contribution is 0.329. The van der Waals surface area contributed by atoms with Gasteiger partial charge >= 0.3 is 0 Å². The molecular formula is C10H19N3S. The standard InChI is InChI=1S/C10H19N3S/c1-13(2)8-9(12-11)5-6-10-4-3-7-14-10/h3-4,7,9,12H,5-6,8,11H2,1-2H3. The highest BCUT2D eigenvalue weighted by Crippen LogP contribution is 2.12. The lowest BCUT2D eigenvalue weighted by Gasteiger charge is -2.19. The number of nitrogens with two attached hydrogens (primary N) is 1. The van der Waals surface area contributed by atoms with Crippen LogP contribution in [0.4, 0.5) is 0 Å². The third kappa shape index (κ3) is 4.19. The van der Waals surface area contributed by atoms with E-state index in [0.29, 0.717) is 6.04 Å². The van der Waals surface area contributed by atoms with Crippen LogP contribution in [0.1, 0.15) is 11.3 Å². The lowest BCUT2D eigenvalue weighted by Crippen LogP contribution is -2.42. The van der Waals surface area contributed by atoms with Crippen LogP contribution in [-0.4, -0.2) is 31.6 Å². The molecule has 0 aromatic carbocycles.